The number of hydrogen-bond acceptors (Lipinski definition) is 2. The minimum atomic E-state index is 0.329. The van der Waals surface area contributed by atoms with Crippen LogP contribution < -0.4 is 0 Å². The van der Waals surface area contributed by atoms with Crippen LogP contribution in [-0.4, -0.2) is 23.9 Å². The largest absolute Gasteiger partial charge is 0.396 e. The predicted octanol–water partition coefficient (Wildman–Crippen LogP) is 5.04. The van der Waals surface area contributed by atoms with Crippen LogP contribution in [-0.2, 0) is 4.74 Å². The fourth-order valence-corrected chi connectivity index (χ4v) is 8.77. The second kappa shape index (κ2) is 5.47. The summed E-state index contributed by atoms with van der Waals surface area (Å²) in [6.45, 7) is 8.98. The molecular formula is C23H38O2. The Bertz CT molecular complexity index is 540. The van der Waals surface area contributed by atoms with Gasteiger partial charge in [-0.3, -0.25) is 0 Å². The normalized spacial score (nSPS) is 58.3. The molecule has 0 amide bonds. The summed E-state index contributed by atoms with van der Waals surface area (Å²) in [5.41, 5.74) is 1.42. The average Bonchev–Trinajstić information content (AvgIpc) is 3.26. The molecule has 25 heavy (non-hydrogen) atoms. The van der Waals surface area contributed by atoms with E-state index in [9.17, 15) is 5.11 Å². The van der Waals surface area contributed by atoms with Crippen LogP contribution in [0.4, 0.5) is 0 Å². The first-order valence-corrected chi connectivity index (χ1v) is 11.2. The molecule has 1 saturated heterocycles. The van der Waals surface area contributed by atoms with Crippen molar-refractivity contribution in [3.8, 4) is 0 Å². The molecule has 0 bridgehead atoms. The maximum atomic E-state index is 9.77. The van der Waals surface area contributed by atoms with Crippen LogP contribution in [0.25, 0.3) is 0 Å². The van der Waals surface area contributed by atoms with Crippen LogP contribution in [0.15, 0.2) is 0 Å². The highest BCUT2D eigenvalue weighted by Gasteiger charge is 2.63. The van der Waals surface area contributed by atoms with Gasteiger partial charge in [0.1, 0.15) is 0 Å². The standard InChI is InChI=1S/C23H38O2/c1-15(13-24)18-6-7-19-17-5-4-16-12-23(14-25-23)11-10-21(16,2)20(17)8-9-22(18,19)3/h15-20,24H,4-14H2,1-3H3/t15-,16-,17+,18-,19+,20+,21+,22-,23+/m1/s1. The first kappa shape index (κ1) is 17.0. The highest BCUT2D eigenvalue weighted by atomic mass is 16.6. The summed E-state index contributed by atoms with van der Waals surface area (Å²) in [5.74, 6) is 5.01. The molecular weight excluding hydrogens is 308 g/mol. The molecule has 5 fully saturated rings. The quantitative estimate of drug-likeness (QED) is 0.710. The summed E-state index contributed by atoms with van der Waals surface area (Å²) < 4.78 is 5.88. The van der Waals surface area contributed by atoms with Gasteiger partial charge in [0.05, 0.1) is 12.2 Å². The lowest BCUT2D eigenvalue weighted by molar-refractivity contribution is -0.124. The molecule has 5 rings (SSSR count). The van der Waals surface area contributed by atoms with Gasteiger partial charge in [-0.1, -0.05) is 20.8 Å². The van der Waals surface area contributed by atoms with Crippen molar-refractivity contribution < 1.29 is 9.84 Å². The highest BCUT2D eigenvalue weighted by Crippen LogP contribution is 2.69. The second-order valence-electron chi connectivity index (χ2n) is 11.2. The molecule has 1 N–H and O–H groups in total. The number of ether oxygens (including phenoxy) is 1. The topological polar surface area (TPSA) is 32.8 Å². The van der Waals surface area contributed by atoms with Gasteiger partial charge in [-0.05, 0) is 104 Å². The zero-order valence-electron chi connectivity index (χ0n) is 16.6. The number of aliphatic hydroxyl groups is 1. The van der Waals surface area contributed by atoms with E-state index in [4.69, 9.17) is 4.74 Å². The number of rotatable bonds is 2. The van der Waals surface area contributed by atoms with Crippen molar-refractivity contribution in [3.05, 3.63) is 0 Å². The molecule has 0 unspecified atom stereocenters. The van der Waals surface area contributed by atoms with Gasteiger partial charge in [0, 0.05) is 6.61 Å². The van der Waals surface area contributed by atoms with Gasteiger partial charge in [-0.2, -0.15) is 0 Å². The summed E-state index contributed by atoms with van der Waals surface area (Å²) in [5, 5.41) is 9.77. The Labute approximate surface area is 154 Å². The van der Waals surface area contributed by atoms with Gasteiger partial charge < -0.3 is 9.84 Å². The summed E-state index contributed by atoms with van der Waals surface area (Å²) in [7, 11) is 0. The maximum Gasteiger partial charge on any atom is 0.0919 e. The van der Waals surface area contributed by atoms with Crippen LogP contribution in [0, 0.1) is 46.3 Å². The SMILES string of the molecule is C[C@H](CO)[C@H]1CC[C@H]2[C@@H]3CC[C@@H]4C[C@@]5(CC[C@]4(C)[C@H]3CC[C@]12C)CO5. The van der Waals surface area contributed by atoms with Gasteiger partial charge >= 0.3 is 0 Å². The zero-order valence-corrected chi connectivity index (χ0v) is 16.6. The maximum absolute atomic E-state index is 9.77. The van der Waals surface area contributed by atoms with E-state index in [1.54, 1.807) is 0 Å². The molecule has 0 aromatic heterocycles. The van der Waals surface area contributed by atoms with Crippen molar-refractivity contribution in [1.29, 1.82) is 0 Å². The van der Waals surface area contributed by atoms with Crippen molar-refractivity contribution in [2.75, 3.05) is 13.2 Å². The zero-order chi connectivity index (χ0) is 17.4. The number of hydrogen-bond donors (Lipinski definition) is 1. The minimum Gasteiger partial charge on any atom is -0.396 e. The van der Waals surface area contributed by atoms with E-state index in [-0.39, 0.29) is 0 Å². The lowest BCUT2D eigenvalue weighted by atomic mass is 9.44. The fourth-order valence-electron chi connectivity index (χ4n) is 8.77. The Hall–Kier alpha value is -0.0800. The molecule has 2 heteroatoms. The third kappa shape index (κ3) is 2.29. The molecule has 2 nitrogen and oxygen atoms in total. The van der Waals surface area contributed by atoms with Crippen molar-refractivity contribution in [2.45, 2.75) is 84.2 Å². The van der Waals surface area contributed by atoms with Gasteiger partial charge in [0.25, 0.3) is 0 Å². The minimum absolute atomic E-state index is 0.329. The van der Waals surface area contributed by atoms with Crippen LogP contribution in [0.2, 0.25) is 0 Å². The van der Waals surface area contributed by atoms with Gasteiger partial charge in [-0.25, -0.2) is 0 Å². The summed E-state index contributed by atoms with van der Waals surface area (Å²) >= 11 is 0. The lowest BCUT2D eigenvalue weighted by Gasteiger charge is -2.61. The predicted molar refractivity (Wildman–Crippen MR) is 100 cm³/mol. The molecule has 0 aromatic carbocycles. The van der Waals surface area contributed by atoms with E-state index in [1.807, 2.05) is 0 Å². The van der Waals surface area contributed by atoms with E-state index in [0.717, 1.165) is 36.2 Å². The fraction of sp³-hybridized carbons (Fsp3) is 1.00. The van der Waals surface area contributed by atoms with E-state index in [1.165, 1.54) is 57.8 Å². The average molecular weight is 347 g/mol. The van der Waals surface area contributed by atoms with E-state index in [2.05, 4.69) is 20.8 Å². The molecule has 1 heterocycles. The Morgan fingerprint density at radius 3 is 2.44 bits per heavy atom. The van der Waals surface area contributed by atoms with Crippen LogP contribution in [0.1, 0.15) is 78.6 Å². The highest BCUT2D eigenvalue weighted by molar-refractivity contribution is 5.12. The molecule has 0 radical (unpaired) electrons. The first-order chi connectivity index (χ1) is 11.9. The molecule has 0 aromatic rings. The molecule has 4 saturated carbocycles. The Kier molecular flexibility index (Phi) is 3.73. The van der Waals surface area contributed by atoms with Crippen LogP contribution in [0.3, 0.4) is 0 Å². The Morgan fingerprint density at radius 2 is 1.72 bits per heavy atom. The number of aliphatic hydroxyl groups excluding tert-OH is 1. The lowest BCUT2D eigenvalue weighted by Crippen LogP contribution is -2.54. The second-order valence-corrected chi connectivity index (χ2v) is 11.2. The van der Waals surface area contributed by atoms with E-state index in [0.29, 0.717) is 29.0 Å². The number of fused-ring (bicyclic) bond motifs is 5. The molecule has 1 spiro atoms. The monoisotopic (exact) mass is 346 g/mol. The molecule has 9 atom stereocenters. The smallest absolute Gasteiger partial charge is 0.0919 e. The van der Waals surface area contributed by atoms with Gasteiger partial charge in [0.2, 0.25) is 0 Å². The van der Waals surface area contributed by atoms with E-state index >= 15 is 0 Å². The summed E-state index contributed by atoms with van der Waals surface area (Å²) in [4.78, 5) is 0. The van der Waals surface area contributed by atoms with Crippen molar-refractivity contribution in [3.63, 3.8) is 0 Å². The van der Waals surface area contributed by atoms with Gasteiger partial charge in [0.15, 0.2) is 0 Å². The third-order valence-electron chi connectivity index (χ3n) is 10.4. The molecule has 4 aliphatic carbocycles. The van der Waals surface area contributed by atoms with Crippen LogP contribution >= 0.6 is 0 Å². The van der Waals surface area contributed by atoms with Crippen molar-refractivity contribution in [2.24, 2.45) is 46.3 Å². The number of epoxide rings is 1. The van der Waals surface area contributed by atoms with Gasteiger partial charge in [-0.15, -0.1) is 0 Å². The Morgan fingerprint density at radius 1 is 0.960 bits per heavy atom. The summed E-state index contributed by atoms with van der Waals surface area (Å²) in [6.07, 6.45) is 12.7. The van der Waals surface area contributed by atoms with Crippen molar-refractivity contribution in [1.82, 2.24) is 0 Å². The third-order valence-corrected chi connectivity index (χ3v) is 10.4. The van der Waals surface area contributed by atoms with E-state index < -0.39 is 0 Å². The molecule has 5 aliphatic rings. The van der Waals surface area contributed by atoms with Crippen LogP contribution in [0.5, 0.6) is 0 Å². The van der Waals surface area contributed by atoms with Crippen molar-refractivity contribution >= 4 is 0 Å². The summed E-state index contributed by atoms with van der Waals surface area (Å²) in [6, 6.07) is 0. The Balaban J connectivity index is 1.40. The first-order valence-electron chi connectivity index (χ1n) is 11.2. The molecule has 1 aliphatic heterocycles. The molecule has 142 valence electrons.